The van der Waals surface area contributed by atoms with Gasteiger partial charge in [-0.1, -0.05) is 6.07 Å². The molecule has 0 fully saturated rings. The van der Waals surface area contributed by atoms with Gasteiger partial charge < -0.3 is 10.2 Å². The highest BCUT2D eigenvalue weighted by molar-refractivity contribution is 5.92. The summed E-state index contributed by atoms with van der Waals surface area (Å²) < 4.78 is 4.61. The van der Waals surface area contributed by atoms with Crippen molar-refractivity contribution in [2.75, 3.05) is 12.5 Å². The fourth-order valence-corrected chi connectivity index (χ4v) is 1.12. The first-order chi connectivity index (χ1) is 6.20. The van der Waals surface area contributed by atoms with E-state index in [2.05, 4.69) is 10.2 Å². The summed E-state index contributed by atoms with van der Waals surface area (Å²) in [6, 6.07) is 5.23. The van der Waals surface area contributed by atoms with Crippen LogP contribution in [-0.2, 0) is 4.74 Å². The van der Waals surface area contributed by atoms with Crippen LogP contribution in [0.1, 0.15) is 15.9 Å². The molecule has 78 valence electrons. The van der Waals surface area contributed by atoms with E-state index < -0.39 is 0 Å². The number of carbonyl (C=O) groups excluding carboxylic acids is 1. The van der Waals surface area contributed by atoms with Crippen molar-refractivity contribution >= 4 is 24.1 Å². The van der Waals surface area contributed by atoms with Crippen LogP contribution in [0.2, 0.25) is 0 Å². The van der Waals surface area contributed by atoms with Crippen molar-refractivity contribution < 1.29 is 9.53 Å². The fraction of sp³-hybridized carbons (Fsp3) is 0.222. The van der Waals surface area contributed by atoms with Crippen molar-refractivity contribution in [3.63, 3.8) is 0 Å². The summed E-state index contributed by atoms with van der Waals surface area (Å²) in [7, 11) is 1.35. The van der Waals surface area contributed by atoms with Crippen LogP contribution >= 0.6 is 12.4 Å². The van der Waals surface area contributed by atoms with Crippen molar-refractivity contribution in [3.8, 4) is 0 Å². The monoisotopic (exact) mass is 216 g/mol. The van der Waals surface area contributed by atoms with Crippen molar-refractivity contribution in [2.45, 2.75) is 6.92 Å². The molecule has 1 aromatic rings. The molecular weight excluding hydrogens is 204 g/mol. The lowest BCUT2D eigenvalue weighted by Crippen LogP contribution is -2.11. The van der Waals surface area contributed by atoms with E-state index in [0.29, 0.717) is 5.56 Å². The number of rotatable bonds is 2. The Balaban J connectivity index is 0.00000169. The van der Waals surface area contributed by atoms with Gasteiger partial charge in [0.25, 0.3) is 0 Å². The number of halogens is 1. The van der Waals surface area contributed by atoms with Gasteiger partial charge in [-0.25, -0.2) is 4.79 Å². The lowest BCUT2D eigenvalue weighted by Gasteiger charge is -2.08. The first-order valence-corrected chi connectivity index (χ1v) is 3.85. The molecule has 3 N–H and O–H groups in total. The van der Waals surface area contributed by atoms with Crippen LogP contribution in [0.5, 0.6) is 0 Å². The van der Waals surface area contributed by atoms with Gasteiger partial charge >= 0.3 is 5.97 Å². The molecule has 0 amide bonds. The molecule has 4 nitrogen and oxygen atoms in total. The summed E-state index contributed by atoms with van der Waals surface area (Å²) in [4.78, 5) is 11.2. The van der Waals surface area contributed by atoms with Gasteiger partial charge in [-0.2, -0.15) is 0 Å². The Morgan fingerprint density at radius 3 is 2.64 bits per heavy atom. The molecule has 0 atom stereocenters. The van der Waals surface area contributed by atoms with Crippen LogP contribution in [0.4, 0.5) is 5.69 Å². The number of hydrazine groups is 1. The molecule has 0 aliphatic rings. The number of nitrogen functional groups attached to an aromatic ring is 1. The standard InChI is InChI=1S/C9H12N2O2.ClH/c1-6-7(9(12)13-2)4-3-5-8(6)11-10;/h3-5,11H,10H2,1-2H3;1H. The third-order valence-corrected chi connectivity index (χ3v) is 1.89. The third-order valence-electron chi connectivity index (χ3n) is 1.89. The molecule has 0 saturated heterocycles. The maximum absolute atomic E-state index is 11.2. The van der Waals surface area contributed by atoms with E-state index in [9.17, 15) is 4.79 Å². The predicted octanol–water partition coefficient (Wildman–Crippen LogP) is 1.49. The molecule has 5 heteroatoms. The van der Waals surface area contributed by atoms with E-state index in [0.717, 1.165) is 11.3 Å². The maximum Gasteiger partial charge on any atom is 0.338 e. The van der Waals surface area contributed by atoms with Crippen LogP contribution in [-0.4, -0.2) is 13.1 Å². The number of carbonyl (C=O) groups is 1. The number of benzene rings is 1. The molecule has 1 aromatic carbocycles. The SMILES string of the molecule is COC(=O)c1cccc(NN)c1C.Cl. The van der Waals surface area contributed by atoms with E-state index in [1.165, 1.54) is 7.11 Å². The number of hydrogen-bond donors (Lipinski definition) is 2. The van der Waals surface area contributed by atoms with Gasteiger partial charge in [0, 0.05) is 0 Å². The minimum Gasteiger partial charge on any atom is -0.465 e. The summed E-state index contributed by atoms with van der Waals surface area (Å²) in [6.45, 7) is 1.81. The number of anilines is 1. The molecule has 0 unspecified atom stereocenters. The second-order valence-electron chi connectivity index (χ2n) is 2.61. The number of nitrogens with one attached hydrogen (secondary N) is 1. The van der Waals surface area contributed by atoms with Crippen molar-refractivity contribution in [1.29, 1.82) is 0 Å². The Labute approximate surface area is 88.8 Å². The molecule has 0 aliphatic heterocycles. The number of hydrogen-bond acceptors (Lipinski definition) is 4. The number of methoxy groups -OCH3 is 1. The zero-order valence-corrected chi connectivity index (χ0v) is 8.85. The van der Waals surface area contributed by atoms with Gasteiger partial charge in [-0.15, -0.1) is 12.4 Å². The van der Waals surface area contributed by atoms with Crippen LogP contribution in [0.3, 0.4) is 0 Å². The Morgan fingerprint density at radius 1 is 1.50 bits per heavy atom. The van der Waals surface area contributed by atoms with Gasteiger partial charge in [0.05, 0.1) is 18.4 Å². The molecule has 0 aromatic heterocycles. The van der Waals surface area contributed by atoms with Crippen molar-refractivity contribution in [1.82, 2.24) is 0 Å². The van der Waals surface area contributed by atoms with E-state index in [1.807, 2.05) is 0 Å². The van der Waals surface area contributed by atoms with Gasteiger partial charge in [-0.3, -0.25) is 5.84 Å². The smallest absolute Gasteiger partial charge is 0.338 e. The Kier molecular flexibility index (Phi) is 4.97. The first kappa shape index (κ1) is 12.7. The first-order valence-electron chi connectivity index (χ1n) is 3.85. The molecule has 0 saturated carbocycles. The molecule has 0 aliphatic carbocycles. The molecule has 1 rings (SSSR count). The van der Waals surface area contributed by atoms with Crippen LogP contribution in [0.15, 0.2) is 18.2 Å². The minimum absolute atomic E-state index is 0. The average Bonchev–Trinajstić information content (AvgIpc) is 2.17. The Hall–Kier alpha value is -1.26. The molecule has 14 heavy (non-hydrogen) atoms. The summed E-state index contributed by atoms with van der Waals surface area (Å²) in [6.07, 6.45) is 0. The number of nitrogens with two attached hydrogens (primary N) is 1. The fourth-order valence-electron chi connectivity index (χ4n) is 1.12. The Morgan fingerprint density at radius 2 is 2.14 bits per heavy atom. The van der Waals surface area contributed by atoms with Crippen molar-refractivity contribution in [2.24, 2.45) is 5.84 Å². The summed E-state index contributed by atoms with van der Waals surface area (Å²) >= 11 is 0. The normalized spacial score (nSPS) is 8.79. The van der Waals surface area contributed by atoms with Crippen LogP contribution in [0.25, 0.3) is 0 Å². The van der Waals surface area contributed by atoms with Crippen LogP contribution < -0.4 is 11.3 Å². The summed E-state index contributed by atoms with van der Waals surface area (Å²) in [5, 5.41) is 0. The third kappa shape index (κ3) is 2.37. The summed E-state index contributed by atoms with van der Waals surface area (Å²) in [5.41, 5.74) is 4.55. The van der Waals surface area contributed by atoms with E-state index in [4.69, 9.17) is 5.84 Å². The Bertz CT molecular complexity index is 329. The molecule has 0 radical (unpaired) electrons. The highest BCUT2D eigenvalue weighted by Crippen LogP contribution is 2.18. The van der Waals surface area contributed by atoms with E-state index >= 15 is 0 Å². The predicted molar refractivity (Wildman–Crippen MR) is 57.6 cm³/mol. The van der Waals surface area contributed by atoms with Gasteiger partial charge in [0.15, 0.2) is 0 Å². The molecule has 0 heterocycles. The quantitative estimate of drug-likeness (QED) is 0.447. The number of esters is 1. The maximum atomic E-state index is 11.2. The van der Waals surface area contributed by atoms with Crippen molar-refractivity contribution in [3.05, 3.63) is 29.3 Å². The summed E-state index contributed by atoms with van der Waals surface area (Å²) in [5.74, 6) is 4.91. The second kappa shape index (κ2) is 5.47. The topological polar surface area (TPSA) is 64.3 Å². The zero-order valence-electron chi connectivity index (χ0n) is 8.03. The second-order valence-corrected chi connectivity index (χ2v) is 2.61. The van der Waals surface area contributed by atoms with Gasteiger partial charge in [0.1, 0.15) is 0 Å². The molecular formula is C9H13ClN2O2. The highest BCUT2D eigenvalue weighted by atomic mass is 35.5. The molecule has 0 spiro atoms. The van der Waals surface area contributed by atoms with Gasteiger partial charge in [-0.05, 0) is 24.6 Å². The van der Waals surface area contributed by atoms with E-state index in [1.54, 1.807) is 25.1 Å². The minimum atomic E-state index is -0.352. The lowest BCUT2D eigenvalue weighted by atomic mass is 10.1. The largest absolute Gasteiger partial charge is 0.465 e. The lowest BCUT2D eigenvalue weighted by molar-refractivity contribution is 0.0600. The van der Waals surface area contributed by atoms with E-state index in [-0.39, 0.29) is 18.4 Å². The number of ether oxygens (including phenoxy) is 1. The average molecular weight is 217 g/mol. The van der Waals surface area contributed by atoms with Gasteiger partial charge in [0.2, 0.25) is 0 Å². The highest BCUT2D eigenvalue weighted by Gasteiger charge is 2.10. The zero-order chi connectivity index (χ0) is 9.84. The molecule has 0 bridgehead atoms. The van der Waals surface area contributed by atoms with Crippen LogP contribution in [0, 0.1) is 6.92 Å².